The van der Waals surface area contributed by atoms with Crippen LogP contribution in [0.3, 0.4) is 0 Å². The summed E-state index contributed by atoms with van der Waals surface area (Å²) >= 11 is -4.60. The second kappa shape index (κ2) is 8.88. The fourth-order valence-corrected chi connectivity index (χ4v) is 15.1. The summed E-state index contributed by atoms with van der Waals surface area (Å²) in [5.41, 5.74) is 6.67. The molecular formula is C33H40OTi. The van der Waals surface area contributed by atoms with E-state index in [2.05, 4.69) is 134 Å². The summed E-state index contributed by atoms with van der Waals surface area (Å²) in [5, 5.41) is 0. The molecule has 0 radical (unpaired) electrons. The van der Waals surface area contributed by atoms with Gasteiger partial charge in [0, 0.05) is 0 Å². The molecule has 4 rings (SSSR count). The van der Waals surface area contributed by atoms with Crippen molar-refractivity contribution in [3.8, 4) is 5.75 Å². The summed E-state index contributed by atoms with van der Waals surface area (Å²) in [6, 6.07) is 28.4. The average molecular weight is 501 g/mol. The monoisotopic (exact) mass is 500 g/mol. The van der Waals surface area contributed by atoms with E-state index < -0.39 is 15.2 Å². The molecular weight excluding hydrogens is 460 g/mol. The standard InChI is InChI=1S/C11H16O.C9H13.2C6H5.CH2.Ti/c1-8-5-9(11(2,3)4)7-10(12)6-8;1-6-5-7(2)9(4)8(6)3;2*1-2-4-6-5-3-1;;/h5-7,12H,1-4H3;6H,1-4H3;2*1-5H;1H2;/q;;;;;+1/p-1. The van der Waals surface area contributed by atoms with Crippen molar-refractivity contribution >= 4 is 12.6 Å². The van der Waals surface area contributed by atoms with Crippen LogP contribution in [-0.2, 0) is 20.6 Å². The van der Waals surface area contributed by atoms with Crippen LogP contribution in [0.5, 0.6) is 5.75 Å². The Morgan fingerprint density at radius 1 is 0.743 bits per heavy atom. The third-order valence-corrected chi connectivity index (χ3v) is 17.2. The van der Waals surface area contributed by atoms with Gasteiger partial charge in [-0.3, -0.25) is 0 Å². The van der Waals surface area contributed by atoms with Gasteiger partial charge in [-0.05, 0) is 0 Å². The number of allylic oxidation sites excluding steroid dienone is 4. The molecule has 2 heteroatoms. The number of hydrogen-bond donors (Lipinski definition) is 0. The van der Waals surface area contributed by atoms with Crippen molar-refractivity contribution in [1.82, 2.24) is 0 Å². The van der Waals surface area contributed by atoms with E-state index in [4.69, 9.17) is 8.14 Å². The molecule has 1 unspecified atom stereocenters. The van der Waals surface area contributed by atoms with Crippen molar-refractivity contribution < 1.29 is 18.5 Å². The average Bonchev–Trinajstić information content (AvgIpc) is 3.02. The zero-order chi connectivity index (χ0) is 25.6. The quantitative estimate of drug-likeness (QED) is 0.328. The summed E-state index contributed by atoms with van der Waals surface area (Å²) < 4.78 is 11.4. The maximum atomic E-state index is 7.60. The van der Waals surface area contributed by atoms with Crippen molar-refractivity contribution in [2.24, 2.45) is 5.92 Å². The normalized spacial score (nSPS) is 17.2. The molecule has 3 aromatic rings. The molecule has 0 amide bonds. The Morgan fingerprint density at radius 3 is 1.69 bits per heavy atom. The SMILES string of the molecule is [CH2]=[Ti]([O]c1cc(C)cc(C(C)(C)C)c1)([C]1=C(C)C(C)=C(C)C1C)([c]1ccccc1)[c]1ccccc1. The zero-order valence-electron chi connectivity index (χ0n) is 22.7. The van der Waals surface area contributed by atoms with Crippen LogP contribution in [0, 0.1) is 12.8 Å². The van der Waals surface area contributed by atoms with Crippen molar-refractivity contribution in [3.05, 3.63) is 111 Å². The summed E-state index contributed by atoms with van der Waals surface area (Å²) in [6.45, 7) is 18.1. The topological polar surface area (TPSA) is 9.23 Å². The first-order valence-corrected chi connectivity index (χ1v) is 16.8. The van der Waals surface area contributed by atoms with E-state index in [1.807, 2.05) is 0 Å². The van der Waals surface area contributed by atoms with Gasteiger partial charge in [-0.25, -0.2) is 0 Å². The molecule has 0 spiro atoms. The number of benzene rings is 3. The van der Waals surface area contributed by atoms with Crippen LogP contribution in [0.4, 0.5) is 0 Å². The van der Waals surface area contributed by atoms with Crippen molar-refractivity contribution in [3.63, 3.8) is 0 Å². The zero-order valence-corrected chi connectivity index (χ0v) is 24.3. The Hall–Kier alpha value is -2.48. The Balaban J connectivity index is 2.14. The van der Waals surface area contributed by atoms with Crippen molar-refractivity contribution in [1.29, 1.82) is 0 Å². The van der Waals surface area contributed by atoms with Crippen LogP contribution in [0.1, 0.15) is 59.6 Å². The van der Waals surface area contributed by atoms with Crippen LogP contribution in [-0.4, -0.2) is 4.82 Å². The first-order valence-electron chi connectivity index (χ1n) is 12.7. The molecule has 0 aliphatic heterocycles. The molecule has 0 fully saturated rings. The molecule has 0 heterocycles. The molecule has 182 valence electrons. The minimum absolute atomic E-state index is 0.0264. The summed E-state index contributed by atoms with van der Waals surface area (Å²) in [5.74, 6) is 1.20. The Bertz CT molecular complexity index is 1340. The second-order valence-electron chi connectivity index (χ2n) is 11.5. The Morgan fingerprint density at radius 2 is 1.26 bits per heavy atom. The van der Waals surface area contributed by atoms with E-state index in [0.717, 1.165) is 5.75 Å². The van der Waals surface area contributed by atoms with Gasteiger partial charge in [0.15, 0.2) is 0 Å². The molecule has 1 aliphatic carbocycles. The molecule has 1 atom stereocenters. The molecule has 0 N–H and O–H groups in total. The third kappa shape index (κ3) is 4.13. The van der Waals surface area contributed by atoms with Gasteiger partial charge in [-0.1, -0.05) is 0 Å². The summed E-state index contributed by atoms with van der Waals surface area (Å²) in [4.78, 5) is 5.29. The van der Waals surface area contributed by atoms with Gasteiger partial charge in [-0.15, -0.1) is 0 Å². The third-order valence-electron chi connectivity index (χ3n) is 8.24. The minimum atomic E-state index is -4.60. The number of rotatable bonds is 5. The van der Waals surface area contributed by atoms with Gasteiger partial charge in [0.2, 0.25) is 0 Å². The fourth-order valence-electron chi connectivity index (χ4n) is 5.95. The summed E-state index contributed by atoms with van der Waals surface area (Å²) in [7, 11) is 0. The van der Waals surface area contributed by atoms with Crippen LogP contribution < -0.4 is 11.1 Å². The Labute approximate surface area is 213 Å². The van der Waals surface area contributed by atoms with E-state index in [0.29, 0.717) is 0 Å². The van der Waals surface area contributed by atoms with E-state index in [1.54, 1.807) is 0 Å². The molecule has 0 saturated heterocycles. The van der Waals surface area contributed by atoms with Gasteiger partial charge in [0.1, 0.15) is 0 Å². The first-order chi connectivity index (χ1) is 16.4. The van der Waals surface area contributed by atoms with Gasteiger partial charge >= 0.3 is 214 Å². The van der Waals surface area contributed by atoms with E-state index in [-0.39, 0.29) is 11.3 Å². The molecule has 0 saturated carbocycles. The Kier molecular flexibility index (Phi) is 6.50. The van der Waals surface area contributed by atoms with Crippen LogP contribution >= 0.6 is 0 Å². The van der Waals surface area contributed by atoms with Gasteiger partial charge in [-0.2, -0.15) is 0 Å². The van der Waals surface area contributed by atoms with Gasteiger partial charge in [0.05, 0.1) is 0 Å². The van der Waals surface area contributed by atoms with E-state index in [9.17, 15) is 0 Å². The van der Waals surface area contributed by atoms with Crippen LogP contribution in [0.25, 0.3) is 0 Å². The maximum absolute atomic E-state index is 7.60. The van der Waals surface area contributed by atoms with E-state index in [1.165, 1.54) is 39.5 Å². The molecule has 0 aromatic heterocycles. The molecule has 35 heavy (non-hydrogen) atoms. The van der Waals surface area contributed by atoms with Crippen molar-refractivity contribution in [2.45, 2.75) is 60.8 Å². The first kappa shape index (κ1) is 25.6. The molecule has 1 aliphatic rings. The van der Waals surface area contributed by atoms with Crippen LogP contribution in [0.2, 0.25) is 0 Å². The molecule has 0 bridgehead atoms. The number of hydrogen-bond acceptors (Lipinski definition) is 1. The predicted molar refractivity (Wildman–Crippen MR) is 150 cm³/mol. The van der Waals surface area contributed by atoms with Gasteiger partial charge in [0.25, 0.3) is 0 Å². The van der Waals surface area contributed by atoms with Crippen molar-refractivity contribution in [2.75, 3.05) is 0 Å². The fraction of sp³-hybridized carbons (Fsp3) is 0.303. The predicted octanol–water partition coefficient (Wildman–Crippen LogP) is 7.62. The summed E-state index contributed by atoms with van der Waals surface area (Å²) in [6.07, 6.45) is 0. The molecule has 1 nitrogen and oxygen atoms in total. The van der Waals surface area contributed by atoms with E-state index >= 15 is 0 Å². The number of aryl methyl sites for hydroxylation is 1. The second-order valence-corrected chi connectivity index (χ2v) is 18.7. The molecule has 3 aromatic carbocycles. The van der Waals surface area contributed by atoms with Gasteiger partial charge < -0.3 is 0 Å². The van der Waals surface area contributed by atoms with Crippen LogP contribution in [0.15, 0.2) is 99.5 Å².